The van der Waals surface area contributed by atoms with Gasteiger partial charge in [-0.15, -0.1) is 0 Å². The fraction of sp³-hybridized carbons (Fsp3) is 0.645. The molecular formula is C31H36F3N5O5. The van der Waals surface area contributed by atoms with Crippen molar-refractivity contribution in [1.29, 1.82) is 0 Å². The van der Waals surface area contributed by atoms with Crippen molar-refractivity contribution in [2.75, 3.05) is 11.4 Å². The van der Waals surface area contributed by atoms with E-state index < -0.39 is 42.0 Å². The Hall–Kier alpha value is -3.32. The summed E-state index contributed by atoms with van der Waals surface area (Å²) in [5, 5.41) is 28.5. The Balaban J connectivity index is 1.15. The van der Waals surface area contributed by atoms with E-state index in [2.05, 4.69) is 15.3 Å². The van der Waals surface area contributed by atoms with Crippen molar-refractivity contribution >= 4 is 11.6 Å². The highest BCUT2D eigenvalue weighted by molar-refractivity contribution is 5.96. The van der Waals surface area contributed by atoms with Crippen LogP contribution in [0.5, 0.6) is 0 Å². The second kappa shape index (κ2) is 9.84. The van der Waals surface area contributed by atoms with Crippen LogP contribution in [0.25, 0.3) is 11.5 Å². The number of carbonyl (C=O) groups is 1. The van der Waals surface area contributed by atoms with Crippen LogP contribution in [0, 0.1) is 11.3 Å². The molecule has 44 heavy (non-hydrogen) atoms. The number of anilines is 1. The molecule has 2 N–H and O–H groups in total. The maximum absolute atomic E-state index is 14.0. The molecule has 0 spiro atoms. The Morgan fingerprint density at radius 2 is 1.70 bits per heavy atom. The van der Waals surface area contributed by atoms with E-state index in [1.165, 1.54) is 13.8 Å². The molecule has 13 heteroatoms. The molecule has 0 radical (unpaired) electrons. The van der Waals surface area contributed by atoms with Gasteiger partial charge in [-0.25, -0.2) is 0 Å². The first-order chi connectivity index (χ1) is 20.7. The van der Waals surface area contributed by atoms with Gasteiger partial charge < -0.3 is 24.2 Å². The van der Waals surface area contributed by atoms with Crippen LogP contribution < -0.4 is 4.90 Å². The van der Waals surface area contributed by atoms with Gasteiger partial charge in [0.05, 0.1) is 0 Å². The number of benzene rings is 1. The first kappa shape index (κ1) is 29.4. The van der Waals surface area contributed by atoms with Crippen molar-refractivity contribution < 1.29 is 37.2 Å². The third-order valence-electron chi connectivity index (χ3n) is 10.4. The van der Waals surface area contributed by atoms with E-state index in [0.29, 0.717) is 29.6 Å². The molecule has 2 aromatic heterocycles. The number of fused-ring (bicyclic) bond motifs is 3. The molecule has 1 amide bonds. The number of aromatic nitrogens is 4. The summed E-state index contributed by atoms with van der Waals surface area (Å²) >= 11 is 0. The van der Waals surface area contributed by atoms with Crippen LogP contribution in [0.3, 0.4) is 0 Å². The van der Waals surface area contributed by atoms with Crippen LogP contribution in [-0.4, -0.2) is 54.7 Å². The molecule has 0 aliphatic heterocycles. The highest BCUT2D eigenvalue weighted by atomic mass is 19.4. The molecule has 236 valence electrons. The van der Waals surface area contributed by atoms with Gasteiger partial charge in [-0.1, -0.05) is 16.4 Å². The Labute approximate surface area is 252 Å². The number of nitrogens with zero attached hydrogens (tertiary/aromatic N) is 5. The molecule has 2 bridgehead atoms. The van der Waals surface area contributed by atoms with Gasteiger partial charge >= 0.3 is 6.18 Å². The maximum atomic E-state index is 14.0. The Morgan fingerprint density at radius 1 is 1.02 bits per heavy atom. The van der Waals surface area contributed by atoms with E-state index in [-0.39, 0.29) is 22.5 Å². The van der Waals surface area contributed by atoms with Gasteiger partial charge in [0.25, 0.3) is 5.89 Å². The van der Waals surface area contributed by atoms with Gasteiger partial charge in [0.1, 0.15) is 5.60 Å². The lowest BCUT2D eigenvalue weighted by Gasteiger charge is -2.53. The summed E-state index contributed by atoms with van der Waals surface area (Å²) in [6.07, 6.45) is 0.993. The van der Waals surface area contributed by atoms with Crippen molar-refractivity contribution in [2.45, 2.75) is 107 Å². The quantitative estimate of drug-likeness (QED) is 0.334. The first-order valence-electron chi connectivity index (χ1n) is 15.3. The zero-order valence-corrected chi connectivity index (χ0v) is 24.7. The summed E-state index contributed by atoms with van der Waals surface area (Å²) in [5.74, 6) is 0.751. The lowest BCUT2D eigenvalue weighted by Crippen LogP contribution is -2.60. The predicted octanol–water partition coefficient (Wildman–Crippen LogP) is 5.55. The summed E-state index contributed by atoms with van der Waals surface area (Å²) in [7, 11) is 0. The normalized spacial score (nSPS) is 30.3. The Kier molecular flexibility index (Phi) is 6.57. The van der Waals surface area contributed by atoms with Crippen LogP contribution in [0.15, 0.2) is 33.3 Å². The largest absolute Gasteiger partial charge is 0.417 e. The third kappa shape index (κ3) is 5.01. The van der Waals surface area contributed by atoms with E-state index >= 15 is 0 Å². The fourth-order valence-corrected chi connectivity index (χ4v) is 7.19. The number of hydrogen-bond donors (Lipinski definition) is 2. The van der Waals surface area contributed by atoms with Gasteiger partial charge in [0, 0.05) is 35.0 Å². The summed E-state index contributed by atoms with van der Waals surface area (Å²) < 4.78 is 51.5. The van der Waals surface area contributed by atoms with E-state index in [1.807, 2.05) is 0 Å². The molecule has 10 nitrogen and oxygen atoms in total. The highest BCUT2D eigenvalue weighted by Gasteiger charge is 2.63. The van der Waals surface area contributed by atoms with Crippen molar-refractivity contribution in [3.8, 4) is 11.5 Å². The van der Waals surface area contributed by atoms with E-state index in [9.17, 15) is 28.2 Å². The minimum absolute atomic E-state index is 0.101. The Morgan fingerprint density at radius 3 is 2.30 bits per heavy atom. The molecule has 2 heterocycles. The second-order valence-corrected chi connectivity index (χ2v) is 14.1. The minimum atomic E-state index is -4.80. The summed E-state index contributed by atoms with van der Waals surface area (Å²) in [6.45, 7) is 3.40. The molecular weight excluding hydrogens is 579 g/mol. The smallest absolute Gasteiger partial charge is 0.382 e. The number of alkyl halides is 3. The van der Waals surface area contributed by atoms with Gasteiger partial charge in [0.2, 0.25) is 17.6 Å². The molecule has 3 aromatic rings. The number of rotatable bonds is 8. The van der Waals surface area contributed by atoms with E-state index in [1.54, 1.807) is 29.2 Å². The molecule has 5 aliphatic carbocycles. The van der Waals surface area contributed by atoms with Gasteiger partial charge in [-0.3, -0.25) is 4.79 Å². The zero-order valence-electron chi connectivity index (χ0n) is 24.7. The third-order valence-corrected chi connectivity index (χ3v) is 10.4. The van der Waals surface area contributed by atoms with Crippen molar-refractivity contribution in [1.82, 2.24) is 20.3 Å². The Bertz CT molecular complexity index is 1540. The molecule has 0 saturated heterocycles. The number of carbonyl (C=O) groups excluding carboxylic acids is 1. The van der Waals surface area contributed by atoms with Crippen LogP contribution in [-0.2, 0) is 15.8 Å². The van der Waals surface area contributed by atoms with Crippen molar-refractivity contribution in [3.05, 3.63) is 41.8 Å². The van der Waals surface area contributed by atoms with Crippen LogP contribution in [0.1, 0.15) is 102 Å². The monoisotopic (exact) mass is 615 g/mol. The van der Waals surface area contributed by atoms with Crippen LogP contribution in [0.4, 0.5) is 18.9 Å². The van der Waals surface area contributed by atoms with E-state index in [0.717, 1.165) is 57.2 Å². The lowest BCUT2D eigenvalue weighted by atomic mass is 9.53. The van der Waals surface area contributed by atoms with Gasteiger partial charge in [-0.05, 0) is 102 Å². The standard InChI is InChI=1S/C31H36F3N5O5/c1-27(2,41)25-36-23(43-38-25)19-4-3-5-21(14-19)39(24(40)20-15-30(42,16-20)31(32,33)34)17-28-8-11-29(12-9-28,13-10-28)26-35-22(37-44-26)18-6-7-18/h3-5,14,18,20,41-42H,6-13,15-17H2,1-2H3. The van der Waals surface area contributed by atoms with Crippen LogP contribution in [0.2, 0.25) is 0 Å². The van der Waals surface area contributed by atoms with Crippen molar-refractivity contribution in [2.24, 2.45) is 11.3 Å². The average molecular weight is 616 g/mol. The minimum Gasteiger partial charge on any atom is -0.382 e. The number of aliphatic hydroxyl groups is 2. The lowest BCUT2D eigenvalue weighted by molar-refractivity contribution is -0.295. The zero-order chi connectivity index (χ0) is 31.1. The fourth-order valence-electron chi connectivity index (χ4n) is 7.19. The molecule has 5 aliphatic rings. The topological polar surface area (TPSA) is 139 Å². The highest BCUT2D eigenvalue weighted by Crippen LogP contribution is 2.58. The number of amides is 1. The first-order valence-corrected chi connectivity index (χ1v) is 15.3. The molecule has 0 unspecified atom stereocenters. The predicted molar refractivity (Wildman–Crippen MR) is 149 cm³/mol. The maximum Gasteiger partial charge on any atom is 0.417 e. The molecule has 8 rings (SSSR count). The SMILES string of the molecule is CC(C)(O)c1noc(-c2cccc(N(CC34CCC(c5nc(C6CC6)no5)(CC3)CC4)C(=O)C3CC(O)(C(F)(F)F)C3)c2)n1. The molecule has 5 fully saturated rings. The average Bonchev–Trinajstić information content (AvgIpc) is 3.46. The van der Waals surface area contributed by atoms with Gasteiger partial charge in [-0.2, -0.15) is 23.1 Å². The van der Waals surface area contributed by atoms with Crippen LogP contribution >= 0.6 is 0 Å². The number of hydrogen-bond acceptors (Lipinski definition) is 9. The second-order valence-electron chi connectivity index (χ2n) is 14.1. The summed E-state index contributed by atoms with van der Waals surface area (Å²) in [4.78, 5) is 24.6. The van der Waals surface area contributed by atoms with Crippen molar-refractivity contribution in [3.63, 3.8) is 0 Å². The van der Waals surface area contributed by atoms with Gasteiger partial charge in [0.15, 0.2) is 11.4 Å². The molecule has 1 aromatic carbocycles. The molecule has 0 atom stereocenters. The summed E-state index contributed by atoms with van der Waals surface area (Å²) in [6, 6.07) is 6.91. The molecule has 5 saturated carbocycles. The van der Waals surface area contributed by atoms with E-state index in [4.69, 9.17) is 14.0 Å². The number of halogens is 3. The summed E-state index contributed by atoms with van der Waals surface area (Å²) in [5.41, 5.74) is -3.57.